The number of amidine groups is 1. The molecule has 2 atom stereocenters. The molecule has 3 aliphatic rings. The highest BCUT2D eigenvalue weighted by Crippen LogP contribution is 2.39. The lowest BCUT2D eigenvalue weighted by atomic mass is 9.92. The lowest BCUT2D eigenvalue weighted by Crippen LogP contribution is -2.37. The van der Waals surface area contributed by atoms with E-state index >= 15 is 0 Å². The molecule has 1 fully saturated rings. The molecule has 2 N–H and O–H groups in total. The summed E-state index contributed by atoms with van der Waals surface area (Å²) in [7, 11) is 1.96. The van der Waals surface area contributed by atoms with Crippen molar-refractivity contribution in [1.29, 1.82) is 0 Å². The van der Waals surface area contributed by atoms with E-state index in [0.29, 0.717) is 11.6 Å². The summed E-state index contributed by atoms with van der Waals surface area (Å²) in [4.78, 5) is 12.1. The number of fused-ring (bicyclic) bond motifs is 2. The average molecular weight is 481 g/mol. The van der Waals surface area contributed by atoms with Gasteiger partial charge in [0, 0.05) is 25.7 Å². The van der Waals surface area contributed by atoms with Crippen LogP contribution in [-0.2, 0) is 0 Å². The van der Waals surface area contributed by atoms with Gasteiger partial charge in [-0.3, -0.25) is 0 Å². The van der Waals surface area contributed by atoms with Crippen LogP contribution < -0.4 is 15.6 Å². The van der Waals surface area contributed by atoms with Crippen LogP contribution >= 0.6 is 0 Å². The second-order valence-electron chi connectivity index (χ2n) is 9.93. The number of aromatic nitrogens is 1. The van der Waals surface area contributed by atoms with Gasteiger partial charge in [0.05, 0.1) is 34.4 Å². The van der Waals surface area contributed by atoms with Gasteiger partial charge in [0.15, 0.2) is 0 Å². The minimum absolute atomic E-state index is 0.0404. The zero-order valence-corrected chi connectivity index (χ0v) is 21.0. The van der Waals surface area contributed by atoms with Crippen molar-refractivity contribution in [2.24, 2.45) is 10.9 Å². The Morgan fingerprint density at radius 1 is 1.20 bits per heavy atom. The van der Waals surface area contributed by atoms with Crippen LogP contribution in [0, 0.1) is 24.5 Å². The Bertz CT molecular complexity index is 1170. The largest absolute Gasteiger partial charge is 0.356 e. The first-order chi connectivity index (χ1) is 16.9. The zero-order chi connectivity index (χ0) is 24.7. The van der Waals surface area contributed by atoms with Crippen LogP contribution in [0.15, 0.2) is 35.0 Å². The fourth-order valence-corrected chi connectivity index (χ4v) is 5.36. The number of nitrogens with one attached hydrogen (secondary N) is 2. The maximum absolute atomic E-state index is 14.8. The molecule has 5 rings (SSSR count). The number of aliphatic imine (C=N–C) groups is 1. The highest BCUT2D eigenvalue weighted by Gasteiger charge is 2.34. The Labute approximate surface area is 206 Å². The Morgan fingerprint density at radius 2 is 1.97 bits per heavy atom. The molecule has 1 aromatic heterocycles. The second kappa shape index (κ2) is 9.57. The minimum Gasteiger partial charge on any atom is -0.356 e. The Morgan fingerprint density at radius 3 is 2.71 bits per heavy atom. The molecule has 0 bridgehead atoms. The van der Waals surface area contributed by atoms with E-state index in [1.54, 1.807) is 0 Å². The van der Waals surface area contributed by atoms with Gasteiger partial charge in [-0.05, 0) is 57.2 Å². The minimum atomic E-state index is -0.650. The predicted molar refractivity (Wildman–Crippen MR) is 136 cm³/mol. The summed E-state index contributed by atoms with van der Waals surface area (Å²) < 4.78 is 29.5. The number of nitrogens with zero attached hydrogens (tertiary/aromatic N) is 4. The van der Waals surface area contributed by atoms with E-state index in [1.807, 2.05) is 25.9 Å². The molecule has 8 heteroatoms. The lowest BCUT2D eigenvalue weighted by molar-refractivity contribution is 0.263. The van der Waals surface area contributed by atoms with E-state index in [9.17, 15) is 8.78 Å². The molecule has 2 aromatic rings. The predicted octanol–water partition coefficient (Wildman–Crippen LogP) is 5.26. The first-order valence-electron chi connectivity index (χ1n) is 12.7. The van der Waals surface area contributed by atoms with Gasteiger partial charge in [-0.15, -0.1) is 0 Å². The average Bonchev–Trinajstić information content (AvgIpc) is 3.01. The van der Waals surface area contributed by atoms with Gasteiger partial charge in [-0.25, -0.2) is 23.8 Å². The smallest absolute Gasteiger partial charge is 0.144 e. The van der Waals surface area contributed by atoms with Gasteiger partial charge in [0.2, 0.25) is 0 Å². The van der Waals surface area contributed by atoms with E-state index in [1.165, 1.54) is 43.9 Å². The maximum Gasteiger partial charge on any atom is 0.144 e. The fourth-order valence-electron chi connectivity index (χ4n) is 5.36. The van der Waals surface area contributed by atoms with Crippen molar-refractivity contribution in [3.05, 3.63) is 58.4 Å². The van der Waals surface area contributed by atoms with Crippen molar-refractivity contribution in [2.75, 3.05) is 25.0 Å². The Balaban J connectivity index is 1.61. The van der Waals surface area contributed by atoms with Gasteiger partial charge >= 0.3 is 0 Å². The number of likely N-dealkylation sites (N-methyl/N-ethyl adjacent to an activating group) is 1. The number of rotatable bonds is 5. The van der Waals surface area contributed by atoms with Crippen molar-refractivity contribution in [3.8, 4) is 0 Å². The number of aryl methyl sites for hydroxylation is 1. The molecule has 1 aromatic carbocycles. The number of piperidine rings is 1. The van der Waals surface area contributed by atoms with Crippen molar-refractivity contribution in [1.82, 2.24) is 20.7 Å². The first-order valence-corrected chi connectivity index (χ1v) is 12.7. The van der Waals surface area contributed by atoms with Crippen molar-refractivity contribution < 1.29 is 8.78 Å². The maximum atomic E-state index is 14.8. The van der Waals surface area contributed by atoms with E-state index < -0.39 is 11.6 Å². The summed E-state index contributed by atoms with van der Waals surface area (Å²) in [6.45, 7) is 8.20. The number of anilines is 1. The van der Waals surface area contributed by atoms with E-state index in [-0.39, 0.29) is 17.4 Å². The number of benzene rings is 1. The molecular formula is C27H34F2N6. The highest BCUT2D eigenvalue weighted by atomic mass is 19.1. The van der Waals surface area contributed by atoms with Crippen LogP contribution in [0.2, 0.25) is 0 Å². The Kier molecular flexibility index (Phi) is 6.49. The third-order valence-corrected chi connectivity index (χ3v) is 7.46. The van der Waals surface area contributed by atoms with Gasteiger partial charge in [-0.2, -0.15) is 0 Å². The van der Waals surface area contributed by atoms with Gasteiger partial charge in [0.1, 0.15) is 23.3 Å². The molecule has 1 saturated heterocycles. The van der Waals surface area contributed by atoms with Gasteiger partial charge in [0.25, 0.3) is 0 Å². The molecule has 0 amide bonds. The SMILES string of the molecule is CCCCC1CCCN(c2cc3c(c(C)n2)N=C(c2c(F)cccc2F)NC2=C3NN(C)C2C)C1. The summed E-state index contributed by atoms with van der Waals surface area (Å²) in [5, 5.41) is 5.25. The van der Waals surface area contributed by atoms with Crippen LogP contribution in [-0.4, -0.2) is 42.0 Å². The summed E-state index contributed by atoms with van der Waals surface area (Å²) in [5.41, 5.74) is 7.25. The molecule has 2 unspecified atom stereocenters. The molecule has 35 heavy (non-hydrogen) atoms. The number of hydrazine groups is 1. The molecule has 3 aliphatic heterocycles. The molecule has 0 aliphatic carbocycles. The van der Waals surface area contributed by atoms with E-state index in [4.69, 9.17) is 9.98 Å². The van der Waals surface area contributed by atoms with Crippen molar-refractivity contribution in [2.45, 2.75) is 58.9 Å². The molecule has 0 spiro atoms. The van der Waals surface area contributed by atoms with Gasteiger partial charge in [-0.1, -0.05) is 25.8 Å². The molecular weight excluding hydrogens is 446 g/mol. The molecule has 6 nitrogen and oxygen atoms in total. The monoisotopic (exact) mass is 480 g/mol. The van der Waals surface area contributed by atoms with E-state index in [0.717, 1.165) is 48.0 Å². The molecule has 0 radical (unpaired) electrons. The standard InChI is InChI=1S/C27H34F2N6/c1-5-6-9-18-10-8-13-35(15-18)22-14-19-24(16(2)30-22)31-27(23-20(28)11-7-12-21(23)29)32-25-17(3)34(4)33-26(19)25/h7,11-12,14,17-18,33H,5-6,8-10,13,15H2,1-4H3,(H,31,32). The van der Waals surface area contributed by atoms with Gasteiger partial charge < -0.3 is 15.6 Å². The fraction of sp³-hybridized carbons (Fsp3) is 0.481. The third kappa shape index (κ3) is 4.40. The number of unbranched alkanes of at least 4 members (excludes halogenated alkanes) is 1. The number of pyridine rings is 1. The summed E-state index contributed by atoms with van der Waals surface area (Å²) in [5.74, 6) is 0.482. The number of hydrogen-bond acceptors (Lipinski definition) is 6. The zero-order valence-electron chi connectivity index (χ0n) is 21.0. The van der Waals surface area contributed by atoms with Crippen LogP contribution in [0.3, 0.4) is 0 Å². The topological polar surface area (TPSA) is 55.8 Å². The van der Waals surface area contributed by atoms with E-state index in [2.05, 4.69) is 28.6 Å². The highest BCUT2D eigenvalue weighted by molar-refractivity contribution is 6.05. The number of hydrogen-bond donors (Lipinski definition) is 2. The molecule has 186 valence electrons. The summed E-state index contributed by atoms with van der Waals surface area (Å²) >= 11 is 0. The quantitative estimate of drug-likeness (QED) is 0.611. The normalized spacial score (nSPS) is 22.2. The van der Waals surface area contributed by atoms with Crippen LogP contribution in [0.1, 0.15) is 62.8 Å². The van der Waals surface area contributed by atoms with Crippen LogP contribution in [0.5, 0.6) is 0 Å². The second-order valence-corrected chi connectivity index (χ2v) is 9.93. The summed E-state index contributed by atoms with van der Waals surface area (Å²) in [6.07, 6.45) is 6.16. The molecule has 4 heterocycles. The Hall–Kier alpha value is -3.00. The first kappa shape index (κ1) is 23.7. The van der Waals surface area contributed by atoms with Crippen LogP contribution in [0.4, 0.5) is 20.3 Å². The lowest BCUT2D eigenvalue weighted by Gasteiger charge is -2.34. The molecule has 0 saturated carbocycles. The van der Waals surface area contributed by atoms with Crippen LogP contribution in [0.25, 0.3) is 5.70 Å². The summed E-state index contributed by atoms with van der Waals surface area (Å²) in [6, 6.07) is 5.92. The third-order valence-electron chi connectivity index (χ3n) is 7.46. The number of halogens is 2. The van der Waals surface area contributed by atoms with Crippen molar-refractivity contribution in [3.63, 3.8) is 0 Å². The van der Waals surface area contributed by atoms with Crippen molar-refractivity contribution >= 4 is 23.0 Å².